The number of nitrogens with zero attached hydrogens (tertiary/aromatic N) is 1. The summed E-state index contributed by atoms with van der Waals surface area (Å²) in [5.74, 6) is 0.741. The van der Waals surface area contributed by atoms with E-state index < -0.39 is 0 Å². The molecule has 0 radical (unpaired) electrons. The highest BCUT2D eigenvalue weighted by Crippen LogP contribution is 2.21. The van der Waals surface area contributed by atoms with Crippen molar-refractivity contribution in [3.05, 3.63) is 0 Å². The van der Waals surface area contributed by atoms with Gasteiger partial charge in [-0.25, -0.2) is 0 Å². The van der Waals surface area contributed by atoms with Gasteiger partial charge >= 0.3 is 0 Å². The quantitative estimate of drug-likeness (QED) is 0.592. The van der Waals surface area contributed by atoms with E-state index in [1.807, 2.05) is 0 Å². The summed E-state index contributed by atoms with van der Waals surface area (Å²) in [6, 6.07) is 1.19. The third-order valence-electron chi connectivity index (χ3n) is 3.28. The maximum atomic E-state index is 5.88. The third-order valence-corrected chi connectivity index (χ3v) is 3.28. The second-order valence-corrected chi connectivity index (χ2v) is 4.21. The second-order valence-electron chi connectivity index (χ2n) is 4.21. The van der Waals surface area contributed by atoms with E-state index in [0.717, 1.165) is 12.0 Å². The second kappa shape index (κ2) is 3.32. The molecule has 0 spiro atoms. The lowest BCUT2D eigenvalue weighted by molar-refractivity contribution is 0.172. The van der Waals surface area contributed by atoms with Gasteiger partial charge in [-0.1, -0.05) is 0 Å². The van der Waals surface area contributed by atoms with Crippen LogP contribution in [-0.2, 0) is 0 Å². The molecule has 70 valence electrons. The zero-order chi connectivity index (χ0) is 8.55. The Morgan fingerprint density at radius 1 is 1.50 bits per heavy atom. The van der Waals surface area contributed by atoms with Crippen molar-refractivity contribution in [3.63, 3.8) is 0 Å². The Labute approximate surface area is 74.3 Å². The zero-order valence-corrected chi connectivity index (χ0v) is 7.79. The van der Waals surface area contributed by atoms with Gasteiger partial charge in [-0.3, -0.25) is 4.90 Å². The first-order valence-electron chi connectivity index (χ1n) is 4.97. The molecule has 12 heavy (non-hydrogen) atoms. The fraction of sp³-hybridized carbons (Fsp3) is 1.00. The Morgan fingerprint density at radius 2 is 2.25 bits per heavy atom. The molecule has 3 N–H and O–H groups in total. The summed E-state index contributed by atoms with van der Waals surface area (Å²) in [6.07, 6.45) is 1.30. The molecule has 2 aliphatic heterocycles. The van der Waals surface area contributed by atoms with E-state index in [1.165, 1.54) is 32.6 Å². The summed E-state index contributed by atoms with van der Waals surface area (Å²) in [5, 5.41) is 3.31. The van der Waals surface area contributed by atoms with Crippen LogP contribution in [-0.4, -0.2) is 43.2 Å². The molecule has 2 saturated heterocycles. The zero-order valence-electron chi connectivity index (χ0n) is 7.79. The van der Waals surface area contributed by atoms with E-state index in [0.29, 0.717) is 6.04 Å². The van der Waals surface area contributed by atoms with Crippen LogP contribution < -0.4 is 11.1 Å². The van der Waals surface area contributed by atoms with Gasteiger partial charge in [0.05, 0.1) is 0 Å². The standard InChI is InChI=1S/C9H19N3/c1-7(10)8-2-3-12(6-8)9-4-11-5-9/h7-9,11H,2-6,10H2,1H3. The molecule has 2 rings (SSSR count). The minimum Gasteiger partial charge on any atom is -0.328 e. The van der Waals surface area contributed by atoms with Crippen LogP contribution in [0.25, 0.3) is 0 Å². The molecular formula is C9H19N3. The number of nitrogens with one attached hydrogen (secondary N) is 1. The predicted octanol–water partition coefficient (Wildman–Crippen LogP) is -0.373. The molecule has 0 saturated carbocycles. The molecule has 0 aliphatic carbocycles. The lowest BCUT2D eigenvalue weighted by Gasteiger charge is -2.35. The smallest absolute Gasteiger partial charge is 0.0345 e. The SMILES string of the molecule is CC(N)C1CCN(C2CNC2)C1. The molecule has 2 heterocycles. The van der Waals surface area contributed by atoms with Crippen molar-refractivity contribution < 1.29 is 0 Å². The van der Waals surface area contributed by atoms with Gasteiger partial charge in [0.1, 0.15) is 0 Å². The van der Waals surface area contributed by atoms with E-state index in [-0.39, 0.29) is 0 Å². The summed E-state index contributed by atoms with van der Waals surface area (Å²) >= 11 is 0. The molecule has 0 aromatic carbocycles. The number of rotatable bonds is 2. The van der Waals surface area contributed by atoms with Gasteiger partial charge in [-0.2, -0.15) is 0 Å². The van der Waals surface area contributed by atoms with Crippen LogP contribution in [0, 0.1) is 5.92 Å². The average Bonchev–Trinajstić information content (AvgIpc) is 2.32. The van der Waals surface area contributed by atoms with Gasteiger partial charge < -0.3 is 11.1 Å². The Balaban J connectivity index is 1.81. The minimum atomic E-state index is 0.378. The fourth-order valence-corrected chi connectivity index (χ4v) is 2.11. The van der Waals surface area contributed by atoms with Crippen molar-refractivity contribution in [2.24, 2.45) is 11.7 Å². The van der Waals surface area contributed by atoms with E-state index >= 15 is 0 Å². The van der Waals surface area contributed by atoms with Crippen molar-refractivity contribution in [1.29, 1.82) is 0 Å². The summed E-state index contributed by atoms with van der Waals surface area (Å²) < 4.78 is 0. The van der Waals surface area contributed by atoms with Gasteiger partial charge in [-0.15, -0.1) is 0 Å². The molecule has 2 unspecified atom stereocenters. The van der Waals surface area contributed by atoms with E-state index in [9.17, 15) is 0 Å². The summed E-state index contributed by atoms with van der Waals surface area (Å²) in [5.41, 5.74) is 5.88. The summed E-state index contributed by atoms with van der Waals surface area (Å²) in [4.78, 5) is 2.59. The molecule has 0 aromatic rings. The number of hydrogen-bond donors (Lipinski definition) is 2. The van der Waals surface area contributed by atoms with Crippen molar-refractivity contribution in [3.8, 4) is 0 Å². The van der Waals surface area contributed by atoms with Crippen LogP contribution in [0.15, 0.2) is 0 Å². The number of nitrogens with two attached hydrogens (primary N) is 1. The largest absolute Gasteiger partial charge is 0.328 e. The highest BCUT2D eigenvalue weighted by Gasteiger charge is 2.32. The molecular weight excluding hydrogens is 150 g/mol. The van der Waals surface area contributed by atoms with E-state index in [1.54, 1.807) is 0 Å². The van der Waals surface area contributed by atoms with Crippen LogP contribution in [0.5, 0.6) is 0 Å². The maximum Gasteiger partial charge on any atom is 0.0345 e. The fourth-order valence-electron chi connectivity index (χ4n) is 2.11. The molecule has 2 atom stereocenters. The van der Waals surface area contributed by atoms with Crippen LogP contribution >= 0.6 is 0 Å². The number of hydrogen-bond acceptors (Lipinski definition) is 3. The lowest BCUT2D eigenvalue weighted by Crippen LogP contribution is -2.56. The molecule has 2 aliphatic rings. The van der Waals surface area contributed by atoms with Crippen LogP contribution in [0.3, 0.4) is 0 Å². The predicted molar refractivity (Wildman–Crippen MR) is 50.0 cm³/mol. The topological polar surface area (TPSA) is 41.3 Å². The Morgan fingerprint density at radius 3 is 2.67 bits per heavy atom. The molecule has 2 fully saturated rings. The van der Waals surface area contributed by atoms with Gasteiger partial charge in [0.2, 0.25) is 0 Å². The summed E-state index contributed by atoms with van der Waals surface area (Å²) in [6.45, 7) is 6.99. The van der Waals surface area contributed by atoms with E-state index in [2.05, 4.69) is 17.1 Å². The highest BCUT2D eigenvalue weighted by atomic mass is 15.2. The van der Waals surface area contributed by atoms with Gasteiger partial charge in [0.25, 0.3) is 0 Å². The molecule has 3 nitrogen and oxygen atoms in total. The van der Waals surface area contributed by atoms with Crippen molar-refractivity contribution in [1.82, 2.24) is 10.2 Å². The Bertz CT molecular complexity index is 154. The first-order chi connectivity index (χ1) is 5.77. The minimum absolute atomic E-state index is 0.378. The van der Waals surface area contributed by atoms with Gasteiger partial charge in [0, 0.05) is 31.7 Å². The van der Waals surface area contributed by atoms with Gasteiger partial charge in [0.15, 0.2) is 0 Å². The van der Waals surface area contributed by atoms with Crippen LogP contribution in [0.4, 0.5) is 0 Å². The molecule has 0 amide bonds. The van der Waals surface area contributed by atoms with Gasteiger partial charge in [-0.05, 0) is 25.8 Å². The third kappa shape index (κ3) is 1.49. The van der Waals surface area contributed by atoms with Crippen LogP contribution in [0.1, 0.15) is 13.3 Å². The first-order valence-corrected chi connectivity index (χ1v) is 4.97. The Kier molecular flexibility index (Phi) is 2.35. The maximum absolute atomic E-state index is 5.88. The highest BCUT2D eigenvalue weighted by molar-refractivity contribution is 4.90. The average molecular weight is 169 g/mol. The summed E-state index contributed by atoms with van der Waals surface area (Å²) in [7, 11) is 0. The van der Waals surface area contributed by atoms with Crippen LogP contribution in [0.2, 0.25) is 0 Å². The lowest BCUT2D eigenvalue weighted by atomic mass is 10.0. The molecule has 3 heteroatoms. The number of likely N-dealkylation sites (tertiary alicyclic amines) is 1. The molecule has 0 aromatic heterocycles. The molecule has 0 bridgehead atoms. The van der Waals surface area contributed by atoms with Crippen molar-refractivity contribution in [2.45, 2.75) is 25.4 Å². The van der Waals surface area contributed by atoms with Crippen molar-refractivity contribution >= 4 is 0 Å². The van der Waals surface area contributed by atoms with E-state index in [4.69, 9.17) is 5.73 Å². The monoisotopic (exact) mass is 169 g/mol. The van der Waals surface area contributed by atoms with Crippen molar-refractivity contribution in [2.75, 3.05) is 26.2 Å². The normalized spacial score (nSPS) is 35.0. The first kappa shape index (κ1) is 8.48. The Hall–Kier alpha value is -0.120.